The summed E-state index contributed by atoms with van der Waals surface area (Å²) in [7, 11) is 0. The number of carbonyl (C=O) groups excluding carboxylic acids is 1. The van der Waals surface area contributed by atoms with Crippen LogP contribution in [0.2, 0.25) is 0 Å². The summed E-state index contributed by atoms with van der Waals surface area (Å²) in [5.41, 5.74) is 5.68. The van der Waals surface area contributed by atoms with Crippen molar-refractivity contribution in [3.8, 4) is 0 Å². The van der Waals surface area contributed by atoms with E-state index in [0.29, 0.717) is 12.3 Å². The quantitative estimate of drug-likeness (QED) is 0.578. The Kier molecular flexibility index (Phi) is 6.49. The molecule has 0 bridgehead atoms. The van der Waals surface area contributed by atoms with E-state index in [1.54, 1.807) is 0 Å². The molecule has 0 aliphatic rings. The summed E-state index contributed by atoms with van der Waals surface area (Å²) in [6, 6.07) is -0.628. The fourth-order valence-corrected chi connectivity index (χ4v) is 1.20. The van der Waals surface area contributed by atoms with E-state index in [0.717, 1.165) is 6.42 Å². The molecule has 0 saturated carbocycles. The molecule has 0 fully saturated rings. The van der Waals surface area contributed by atoms with Crippen LogP contribution >= 0.6 is 0 Å². The lowest BCUT2D eigenvalue weighted by molar-refractivity contribution is -0.123. The molecule has 0 radical (unpaired) electrons. The van der Waals surface area contributed by atoms with Gasteiger partial charge in [0.2, 0.25) is 5.91 Å². The van der Waals surface area contributed by atoms with Gasteiger partial charge in [-0.2, -0.15) is 0 Å². The maximum absolute atomic E-state index is 11.5. The second-order valence-corrected chi connectivity index (χ2v) is 4.03. The third-order valence-electron chi connectivity index (χ3n) is 2.12. The molecule has 1 amide bonds. The minimum atomic E-state index is -0.462. The maximum atomic E-state index is 11.5. The van der Waals surface area contributed by atoms with Gasteiger partial charge in [-0.3, -0.25) is 4.79 Å². The molecule has 0 spiro atoms. The van der Waals surface area contributed by atoms with E-state index in [-0.39, 0.29) is 18.6 Å². The molecule has 0 heterocycles. The Hall–Kier alpha value is -0.610. The number of aliphatic hydroxyl groups is 1. The van der Waals surface area contributed by atoms with Crippen LogP contribution in [-0.2, 0) is 4.79 Å². The summed E-state index contributed by atoms with van der Waals surface area (Å²) in [5, 5.41) is 11.6. The molecule has 0 rings (SSSR count). The zero-order valence-corrected chi connectivity index (χ0v) is 9.29. The van der Waals surface area contributed by atoms with Crippen molar-refractivity contribution in [2.45, 2.75) is 45.7 Å². The van der Waals surface area contributed by atoms with Gasteiger partial charge in [0.05, 0.1) is 18.7 Å². The molecule has 0 aliphatic carbocycles. The van der Waals surface area contributed by atoms with Crippen molar-refractivity contribution >= 4 is 5.91 Å². The normalized spacial score (nSPS) is 15.3. The topological polar surface area (TPSA) is 75.3 Å². The van der Waals surface area contributed by atoms with Gasteiger partial charge in [0.15, 0.2) is 0 Å². The van der Waals surface area contributed by atoms with Crippen LogP contribution in [0.3, 0.4) is 0 Å². The predicted molar refractivity (Wildman–Crippen MR) is 56.7 cm³/mol. The highest BCUT2D eigenvalue weighted by atomic mass is 16.3. The molecule has 84 valence electrons. The van der Waals surface area contributed by atoms with Crippen LogP contribution in [0.4, 0.5) is 0 Å². The first-order chi connectivity index (χ1) is 6.51. The van der Waals surface area contributed by atoms with Gasteiger partial charge in [0.1, 0.15) is 0 Å². The fourth-order valence-electron chi connectivity index (χ4n) is 1.20. The Morgan fingerprint density at radius 3 is 2.43 bits per heavy atom. The number of hydrogen-bond donors (Lipinski definition) is 3. The smallest absolute Gasteiger partial charge is 0.237 e. The fraction of sp³-hybridized carbons (Fsp3) is 0.900. The van der Waals surface area contributed by atoms with Crippen LogP contribution in [0.25, 0.3) is 0 Å². The Labute approximate surface area is 85.9 Å². The second kappa shape index (κ2) is 6.79. The molecule has 4 nitrogen and oxygen atoms in total. The van der Waals surface area contributed by atoms with Gasteiger partial charge in [-0.15, -0.1) is 0 Å². The van der Waals surface area contributed by atoms with E-state index >= 15 is 0 Å². The molecule has 0 aromatic heterocycles. The molecule has 0 aromatic carbocycles. The number of nitrogens with two attached hydrogens (primary N) is 1. The van der Waals surface area contributed by atoms with Crippen LogP contribution in [0.5, 0.6) is 0 Å². The zero-order valence-electron chi connectivity index (χ0n) is 9.29. The van der Waals surface area contributed by atoms with Crippen LogP contribution in [-0.4, -0.2) is 29.7 Å². The number of carbonyl (C=O) groups is 1. The summed E-state index contributed by atoms with van der Waals surface area (Å²) >= 11 is 0. The van der Waals surface area contributed by atoms with Gasteiger partial charge < -0.3 is 16.2 Å². The molecule has 14 heavy (non-hydrogen) atoms. The van der Waals surface area contributed by atoms with Gasteiger partial charge >= 0.3 is 0 Å². The average Bonchev–Trinajstić information content (AvgIpc) is 2.12. The maximum Gasteiger partial charge on any atom is 0.237 e. The molecular formula is C10H22N2O2. The lowest BCUT2D eigenvalue weighted by Crippen LogP contribution is -2.46. The molecule has 0 unspecified atom stereocenters. The summed E-state index contributed by atoms with van der Waals surface area (Å²) in [4.78, 5) is 11.5. The van der Waals surface area contributed by atoms with Crippen molar-refractivity contribution in [3.05, 3.63) is 0 Å². The Morgan fingerprint density at radius 1 is 1.50 bits per heavy atom. The lowest BCUT2D eigenvalue weighted by Gasteiger charge is -2.18. The third kappa shape index (κ3) is 5.19. The molecule has 4 heteroatoms. The van der Waals surface area contributed by atoms with Crippen LogP contribution in [0.1, 0.15) is 33.6 Å². The highest BCUT2D eigenvalue weighted by molar-refractivity contribution is 5.81. The summed E-state index contributed by atoms with van der Waals surface area (Å²) in [5.74, 6) is 0.240. The Balaban J connectivity index is 3.93. The van der Waals surface area contributed by atoms with Gasteiger partial charge in [-0.1, -0.05) is 20.8 Å². The minimum Gasteiger partial charge on any atom is -0.394 e. The van der Waals surface area contributed by atoms with Gasteiger partial charge in [0.25, 0.3) is 0 Å². The SMILES string of the molecule is CC[C@H](CO)NC(=O)[C@@H](N)CC(C)C. The van der Waals surface area contributed by atoms with E-state index in [4.69, 9.17) is 10.8 Å². The zero-order chi connectivity index (χ0) is 11.1. The van der Waals surface area contributed by atoms with E-state index in [9.17, 15) is 4.79 Å². The summed E-state index contributed by atoms with van der Waals surface area (Å²) in [6.45, 7) is 5.93. The summed E-state index contributed by atoms with van der Waals surface area (Å²) < 4.78 is 0. The van der Waals surface area contributed by atoms with Crippen molar-refractivity contribution in [2.24, 2.45) is 11.7 Å². The molecule has 0 saturated heterocycles. The van der Waals surface area contributed by atoms with Gasteiger partial charge in [-0.25, -0.2) is 0 Å². The molecule has 4 N–H and O–H groups in total. The van der Waals surface area contributed by atoms with Crippen molar-refractivity contribution in [1.82, 2.24) is 5.32 Å². The Bertz CT molecular complexity index is 168. The van der Waals surface area contributed by atoms with E-state index in [1.807, 2.05) is 20.8 Å². The van der Waals surface area contributed by atoms with E-state index in [1.165, 1.54) is 0 Å². The molecule has 0 aliphatic heterocycles. The number of rotatable bonds is 6. The second-order valence-electron chi connectivity index (χ2n) is 4.03. The number of hydrogen-bond acceptors (Lipinski definition) is 3. The van der Waals surface area contributed by atoms with Crippen LogP contribution in [0, 0.1) is 5.92 Å². The first-order valence-electron chi connectivity index (χ1n) is 5.18. The number of nitrogens with one attached hydrogen (secondary N) is 1. The predicted octanol–water partition coefficient (Wildman–Crippen LogP) is 0.247. The third-order valence-corrected chi connectivity index (χ3v) is 2.12. The van der Waals surface area contributed by atoms with Crippen molar-refractivity contribution in [1.29, 1.82) is 0 Å². The number of amides is 1. The van der Waals surface area contributed by atoms with Crippen LogP contribution in [0.15, 0.2) is 0 Å². The highest BCUT2D eigenvalue weighted by Crippen LogP contribution is 2.03. The van der Waals surface area contributed by atoms with Crippen molar-refractivity contribution < 1.29 is 9.90 Å². The minimum absolute atomic E-state index is 0.0311. The molecule has 2 atom stereocenters. The first-order valence-corrected chi connectivity index (χ1v) is 5.18. The monoisotopic (exact) mass is 202 g/mol. The molecular weight excluding hydrogens is 180 g/mol. The van der Waals surface area contributed by atoms with Crippen molar-refractivity contribution in [3.63, 3.8) is 0 Å². The average molecular weight is 202 g/mol. The lowest BCUT2D eigenvalue weighted by atomic mass is 10.0. The van der Waals surface area contributed by atoms with Crippen molar-refractivity contribution in [2.75, 3.05) is 6.61 Å². The standard InChI is InChI=1S/C10H22N2O2/c1-4-8(6-13)12-10(14)9(11)5-7(2)3/h7-9,13H,4-6,11H2,1-3H3,(H,12,14)/t8-,9+/m1/s1. The Morgan fingerprint density at radius 2 is 2.07 bits per heavy atom. The van der Waals surface area contributed by atoms with E-state index < -0.39 is 6.04 Å². The van der Waals surface area contributed by atoms with Gasteiger partial charge in [-0.05, 0) is 18.8 Å². The highest BCUT2D eigenvalue weighted by Gasteiger charge is 2.17. The molecule has 0 aromatic rings. The largest absolute Gasteiger partial charge is 0.394 e. The van der Waals surface area contributed by atoms with Crippen LogP contribution < -0.4 is 11.1 Å². The van der Waals surface area contributed by atoms with E-state index in [2.05, 4.69) is 5.32 Å². The van der Waals surface area contributed by atoms with Gasteiger partial charge in [0, 0.05) is 0 Å². The first kappa shape index (κ1) is 13.4. The summed E-state index contributed by atoms with van der Waals surface area (Å²) in [6.07, 6.45) is 1.39. The number of aliphatic hydroxyl groups excluding tert-OH is 1.